The minimum absolute atomic E-state index is 0.0477. The van der Waals surface area contributed by atoms with Gasteiger partial charge in [0, 0.05) is 12.0 Å². The molecule has 0 saturated heterocycles. The summed E-state index contributed by atoms with van der Waals surface area (Å²) in [6.45, 7) is 5.94. The molecule has 0 aromatic heterocycles. The molecule has 0 radical (unpaired) electrons. The van der Waals surface area contributed by atoms with Crippen molar-refractivity contribution >= 4 is 11.8 Å². The largest absolute Gasteiger partial charge is 0.454 e. The van der Waals surface area contributed by atoms with Crippen molar-refractivity contribution in [3.63, 3.8) is 0 Å². The highest BCUT2D eigenvalue weighted by Gasteiger charge is 2.42. The predicted molar refractivity (Wildman–Crippen MR) is 66.8 cm³/mol. The number of Topliss-reactive ketones (excluding diaryl/α,β-unsaturated/α-hetero) is 1. The third kappa shape index (κ3) is 1.49. The molecule has 3 rings (SSSR count). The highest BCUT2D eigenvalue weighted by molar-refractivity contribution is 5.99. The summed E-state index contributed by atoms with van der Waals surface area (Å²) in [6, 6.07) is 0. The molecule has 1 aliphatic heterocycles. The van der Waals surface area contributed by atoms with E-state index < -0.39 is 0 Å². The quantitative estimate of drug-likeness (QED) is 0.617. The lowest BCUT2D eigenvalue weighted by Crippen LogP contribution is -2.17. The van der Waals surface area contributed by atoms with E-state index in [-0.39, 0.29) is 17.9 Å². The van der Waals surface area contributed by atoms with Gasteiger partial charge in [-0.15, -0.1) is 0 Å². The smallest absolute Gasteiger partial charge is 0.334 e. The minimum Gasteiger partial charge on any atom is -0.454 e. The molecule has 0 N–H and O–H groups in total. The van der Waals surface area contributed by atoms with E-state index in [9.17, 15) is 9.59 Å². The van der Waals surface area contributed by atoms with Crippen molar-refractivity contribution in [2.75, 3.05) is 0 Å². The average molecular weight is 246 g/mol. The van der Waals surface area contributed by atoms with E-state index in [1.54, 1.807) is 0 Å². The second kappa shape index (κ2) is 3.81. The Labute approximate surface area is 107 Å². The third-order valence-electron chi connectivity index (χ3n) is 4.83. The topological polar surface area (TPSA) is 43.4 Å². The summed E-state index contributed by atoms with van der Waals surface area (Å²) in [5, 5.41) is 0. The summed E-state index contributed by atoms with van der Waals surface area (Å²) in [5.41, 5.74) is 4.04. The van der Waals surface area contributed by atoms with Gasteiger partial charge < -0.3 is 4.74 Å². The zero-order chi connectivity index (χ0) is 13.0. The van der Waals surface area contributed by atoms with E-state index in [2.05, 4.69) is 6.92 Å². The van der Waals surface area contributed by atoms with Crippen molar-refractivity contribution in [3.05, 3.63) is 22.3 Å². The van der Waals surface area contributed by atoms with Gasteiger partial charge in [0.15, 0.2) is 5.78 Å². The Kier molecular flexibility index (Phi) is 2.47. The maximum Gasteiger partial charge on any atom is 0.334 e. The van der Waals surface area contributed by atoms with Gasteiger partial charge in [0.1, 0.15) is 6.10 Å². The highest BCUT2D eigenvalue weighted by atomic mass is 16.5. The van der Waals surface area contributed by atoms with E-state index >= 15 is 0 Å². The molecule has 0 unspecified atom stereocenters. The maximum absolute atomic E-state index is 11.9. The van der Waals surface area contributed by atoms with Gasteiger partial charge in [-0.1, -0.05) is 12.5 Å². The number of esters is 1. The SMILES string of the molecule is CC1=C2CC3=C(C)C(=O)O[C@@H]3C[C@H](C)[C@@H]2CC1=O. The molecule has 1 heterocycles. The van der Waals surface area contributed by atoms with Gasteiger partial charge in [0.05, 0.1) is 0 Å². The fraction of sp³-hybridized carbons (Fsp3) is 0.600. The van der Waals surface area contributed by atoms with Crippen LogP contribution < -0.4 is 0 Å². The summed E-state index contributed by atoms with van der Waals surface area (Å²) in [4.78, 5) is 23.5. The van der Waals surface area contributed by atoms with E-state index in [4.69, 9.17) is 4.74 Å². The molecule has 0 amide bonds. The molecule has 1 fully saturated rings. The van der Waals surface area contributed by atoms with Crippen LogP contribution in [0.15, 0.2) is 22.3 Å². The second-order valence-corrected chi connectivity index (χ2v) is 5.82. The number of allylic oxidation sites excluding steroid dienone is 2. The van der Waals surface area contributed by atoms with Gasteiger partial charge in [0.25, 0.3) is 0 Å². The van der Waals surface area contributed by atoms with Crippen molar-refractivity contribution < 1.29 is 14.3 Å². The molecule has 3 aliphatic rings. The molecular weight excluding hydrogens is 228 g/mol. The number of carbonyl (C=O) groups is 2. The summed E-state index contributed by atoms with van der Waals surface area (Å²) in [7, 11) is 0. The molecule has 3 nitrogen and oxygen atoms in total. The first-order valence-electron chi connectivity index (χ1n) is 6.62. The number of rotatable bonds is 0. The number of fused-ring (bicyclic) bond motifs is 2. The van der Waals surface area contributed by atoms with Crippen LogP contribution in [0.2, 0.25) is 0 Å². The molecule has 0 bridgehead atoms. The van der Waals surface area contributed by atoms with E-state index in [1.807, 2.05) is 13.8 Å². The summed E-state index contributed by atoms with van der Waals surface area (Å²) in [5.74, 6) is 0.872. The zero-order valence-electron chi connectivity index (χ0n) is 11.1. The van der Waals surface area contributed by atoms with Crippen LogP contribution in [0.1, 0.15) is 40.0 Å². The number of ether oxygens (including phenoxy) is 1. The lowest BCUT2D eigenvalue weighted by molar-refractivity contribution is -0.140. The predicted octanol–water partition coefficient (Wildman–Crippen LogP) is 2.56. The minimum atomic E-state index is -0.178. The summed E-state index contributed by atoms with van der Waals surface area (Å²) in [6.07, 6.45) is 2.21. The van der Waals surface area contributed by atoms with Crippen molar-refractivity contribution in [1.29, 1.82) is 0 Å². The molecule has 3 heteroatoms. The van der Waals surface area contributed by atoms with Crippen LogP contribution in [0.4, 0.5) is 0 Å². The van der Waals surface area contributed by atoms with Crippen LogP contribution in [0.3, 0.4) is 0 Å². The first kappa shape index (κ1) is 11.7. The molecule has 0 spiro atoms. The standard InChI is InChI=1S/C15H18O3/c1-7-4-14-12(9(3)15(17)18-14)5-11-8(2)13(16)6-10(7)11/h7,10,14H,4-6H2,1-3H3/t7-,10-,14+/m0/s1. The van der Waals surface area contributed by atoms with E-state index in [0.29, 0.717) is 18.3 Å². The third-order valence-corrected chi connectivity index (χ3v) is 4.83. The first-order chi connectivity index (χ1) is 8.49. The number of ketones is 1. The molecule has 18 heavy (non-hydrogen) atoms. The molecule has 96 valence electrons. The fourth-order valence-electron chi connectivity index (χ4n) is 3.55. The van der Waals surface area contributed by atoms with Crippen LogP contribution in [0.5, 0.6) is 0 Å². The van der Waals surface area contributed by atoms with Crippen molar-refractivity contribution in [1.82, 2.24) is 0 Å². The number of hydrogen-bond donors (Lipinski definition) is 0. The van der Waals surface area contributed by atoms with Crippen LogP contribution in [-0.2, 0) is 14.3 Å². The highest BCUT2D eigenvalue weighted by Crippen LogP contribution is 2.46. The van der Waals surface area contributed by atoms with Crippen molar-refractivity contribution in [2.45, 2.75) is 46.1 Å². The molecule has 2 aliphatic carbocycles. The Morgan fingerprint density at radius 1 is 1.11 bits per heavy atom. The molecular formula is C15H18O3. The van der Waals surface area contributed by atoms with Crippen molar-refractivity contribution in [3.8, 4) is 0 Å². The zero-order valence-corrected chi connectivity index (χ0v) is 11.1. The maximum atomic E-state index is 11.9. The van der Waals surface area contributed by atoms with E-state index in [0.717, 1.165) is 29.6 Å². The molecule has 0 aromatic carbocycles. The summed E-state index contributed by atoms with van der Waals surface area (Å²) < 4.78 is 5.43. The van der Waals surface area contributed by atoms with Gasteiger partial charge in [-0.2, -0.15) is 0 Å². The second-order valence-electron chi connectivity index (χ2n) is 5.82. The number of carbonyl (C=O) groups excluding carboxylic acids is 2. The van der Waals surface area contributed by atoms with Crippen molar-refractivity contribution in [2.24, 2.45) is 11.8 Å². The first-order valence-corrected chi connectivity index (χ1v) is 6.62. The van der Waals surface area contributed by atoms with Gasteiger partial charge in [-0.05, 0) is 49.7 Å². The normalized spacial score (nSPS) is 35.6. The van der Waals surface area contributed by atoms with Gasteiger partial charge in [0.2, 0.25) is 0 Å². The lowest BCUT2D eigenvalue weighted by atomic mass is 9.86. The van der Waals surface area contributed by atoms with Crippen LogP contribution in [0.25, 0.3) is 0 Å². The number of hydrogen-bond acceptors (Lipinski definition) is 3. The Hall–Kier alpha value is -1.38. The van der Waals surface area contributed by atoms with Gasteiger partial charge in [-0.25, -0.2) is 4.79 Å². The molecule has 3 atom stereocenters. The van der Waals surface area contributed by atoms with Crippen LogP contribution >= 0.6 is 0 Å². The van der Waals surface area contributed by atoms with E-state index in [1.165, 1.54) is 5.57 Å². The summed E-state index contributed by atoms with van der Waals surface area (Å²) >= 11 is 0. The van der Waals surface area contributed by atoms with Gasteiger partial charge >= 0.3 is 5.97 Å². The molecule has 1 saturated carbocycles. The molecule has 0 aromatic rings. The van der Waals surface area contributed by atoms with Crippen LogP contribution in [0, 0.1) is 11.8 Å². The van der Waals surface area contributed by atoms with Gasteiger partial charge in [-0.3, -0.25) is 4.79 Å². The van der Waals surface area contributed by atoms with Crippen LogP contribution in [-0.4, -0.2) is 17.9 Å². The fourth-order valence-corrected chi connectivity index (χ4v) is 3.55. The monoisotopic (exact) mass is 246 g/mol. The lowest BCUT2D eigenvalue weighted by Gasteiger charge is -2.19. The Balaban J connectivity index is 2.06. The Morgan fingerprint density at radius 2 is 1.83 bits per heavy atom. The Bertz CT molecular complexity index is 510. The Morgan fingerprint density at radius 3 is 2.56 bits per heavy atom. The average Bonchev–Trinajstić information content (AvgIpc) is 2.68.